The summed E-state index contributed by atoms with van der Waals surface area (Å²) in [5.74, 6) is 1.05. The molecule has 9 heteroatoms. The molecule has 0 atom stereocenters. The molecule has 0 aliphatic rings. The second-order valence-corrected chi connectivity index (χ2v) is 8.98. The monoisotopic (exact) mass is 467 g/mol. The zero-order valence-electron chi connectivity index (χ0n) is 17.7. The van der Waals surface area contributed by atoms with Crippen LogP contribution < -0.4 is 14.8 Å². The Morgan fingerprint density at radius 3 is 2.62 bits per heavy atom. The number of benzene rings is 1. The lowest BCUT2D eigenvalue weighted by atomic mass is 10.1. The van der Waals surface area contributed by atoms with E-state index in [0.717, 1.165) is 10.4 Å². The van der Waals surface area contributed by atoms with E-state index in [4.69, 9.17) is 9.47 Å². The minimum atomic E-state index is -0.257. The molecule has 0 fully saturated rings. The molecule has 1 N–H and O–H groups in total. The van der Waals surface area contributed by atoms with Gasteiger partial charge >= 0.3 is 0 Å². The molecule has 0 unspecified atom stereocenters. The van der Waals surface area contributed by atoms with Crippen molar-refractivity contribution in [3.63, 3.8) is 0 Å². The maximum absolute atomic E-state index is 12.8. The molecule has 164 valence electrons. The van der Waals surface area contributed by atoms with E-state index in [1.54, 1.807) is 45.5 Å². The quantitative estimate of drug-likeness (QED) is 0.389. The minimum absolute atomic E-state index is 0.00564. The summed E-state index contributed by atoms with van der Waals surface area (Å²) in [6.45, 7) is 0.324. The first-order valence-corrected chi connectivity index (χ1v) is 11.4. The third kappa shape index (κ3) is 4.44. The second kappa shape index (κ2) is 9.37. The number of nitrogens with one attached hydrogen (secondary N) is 1. The number of rotatable bonds is 8. The molecule has 4 rings (SSSR count). The number of aryl methyl sites for hydroxylation is 1. The molecule has 3 aromatic heterocycles. The molecule has 0 aliphatic heterocycles. The van der Waals surface area contributed by atoms with Crippen LogP contribution in [-0.2, 0) is 13.6 Å². The summed E-state index contributed by atoms with van der Waals surface area (Å²) < 4.78 is 12.3. The van der Waals surface area contributed by atoms with E-state index in [1.807, 2.05) is 29.6 Å². The Morgan fingerprint density at radius 1 is 1.06 bits per heavy atom. The van der Waals surface area contributed by atoms with Crippen LogP contribution in [0, 0.1) is 0 Å². The van der Waals surface area contributed by atoms with Crippen molar-refractivity contribution in [2.45, 2.75) is 6.54 Å². The average Bonchev–Trinajstić information content (AvgIpc) is 3.57. The zero-order chi connectivity index (χ0) is 22.7. The van der Waals surface area contributed by atoms with Crippen LogP contribution in [0.3, 0.4) is 0 Å². The molecule has 32 heavy (non-hydrogen) atoms. The summed E-state index contributed by atoms with van der Waals surface area (Å²) >= 11 is 2.80. The van der Waals surface area contributed by atoms with Crippen LogP contribution in [0.1, 0.15) is 29.9 Å². The van der Waals surface area contributed by atoms with E-state index in [1.165, 1.54) is 27.4 Å². The highest BCUT2D eigenvalue weighted by Crippen LogP contribution is 2.33. The number of ether oxygens (including phenoxy) is 2. The lowest BCUT2D eigenvalue weighted by Crippen LogP contribution is -2.24. The molecule has 3 heterocycles. The molecule has 1 aromatic carbocycles. The summed E-state index contributed by atoms with van der Waals surface area (Å²) in [5, 5.41) is 9.26. The molecular weight excluding hydrogens is 446 g/mol. The number of amides is 1. The Kier molecular flexibility index (Phi) is 6.38. The van der Waals surface area contributed by atoms with Gasteiger partial charge < -0.3 is 14.8 Å². The van der Waals surface area contributed by atoms with E-state index in [0.29, 0.717) is 39.2 Å². The van der Waals surface area contributed by atoms with Crippen molar-refractivity contribution >= 4 is 34.4 Å². The van der Waals surface area contributed by atoms with Crippen molar-refractivity contribution in [1.29, 1.82) is 0 Å². The highest BCUT2D eigenvalue weighted by molar-refractivity contribution is 7.16. The Morgan fingerprint density at radius 2 is 1.91 bits per heavy atom. The Balaban J connectivity index is 1.47. The van der Waals surface area contributed by atoms with Gasteiger partial charge in [0.05, 0.1) is 36.2 Å². The van der Waals surface area contributed by atoms with Crippen LogP contribution in [0.15, 0.2) is 53.9 Å². The van der Waals surface area contributed by atoms with Crippen LogP contribution in [0.25, 0.3) is 11.3 Å². The predicted octanol–water partition coefficient (Wildman–Crippen LogP) is 4.39. The maximum atomic E-state index is 12.8. The van der Waals surface area contributed by atoms with Gasteiger partial charge in [-0.2, -0.15) is 5.10 Å². The molecule has 1 amide bonds. The molecule has 0 saturated carbocycles. The number of ketones is 1. The molecule has 0 spiro atoms. The van der Waals surface area contributed by atoms with Gasteiger partial charge in [-0.05, 0) is 47.8 Å². The fraction of sp³-hybridized carbons (Fsp3) is 0.174. The smallest absolute Gasteiger partial charge is 0.269 e. The van der Waals surface area contributed by atoms with Gasteiger partial charge in [0.1, 0.15) is 17.2 Å². The number of thiophene rings is 2. The SMILES string of the molecule is COc1ccc(OC)c(-c2cc(C(=O)NCc3ccc(C(=O)c4cccs4)s3)n(C)n2)c1. The summed E-state index contributed by atoms with van der Waals surface area (Å²) in [6, 6.07) is 14.5. The second-order valence-electron chi connectivity index (χ2n) is 6.86. The van der Waals surface area contributed by atoms with Gasteiger partial charge in [0.15, 0.2) is 0 Å². The summed E-state index contributed by atoms with van der Waals surface area (Å²) in [7, 11) is 4.89. The van der Waals surface area contributed by atoms with E-state index in [-0.39, 0.29) is 11.7 Å². The largest absolute Gasteiger partial charge is 0.497 e. The number of carbonyl (C=O) groups excluding carboxylic acids is 2. The molecule has 0 aliphatic carbocycles. The first kappa shape index (κ1) is 21.8. The molecule has 0 bridgehead atoms. The molecule has 4 aromatic rings. The molecule has 7 nitrogen and oxygen atoms in total. The van der Waals surface area contributed by atoms with Gasteiger partial charge in [-0.3, -0.25) is 14.3 Å². The lowest BCUT2D eigenvalue weighted by Gasteiger charge is -2.08. The fourth-order valence-corrected chi connectivity index (χ4v) is 4.85. The highest BCUT2D eigenvalue weighted by atomic mass is 32.1. The summed E-state index contributed by atoms with van der Waals surface area (Å²) in [5.41, 5.74) is 1.75. The number of methoxy groups -OCH3 is 2. The minimum Gasteiger partial charge on any atom is -0.497 e. The van der Waals surface area contributed by atoms with Crippen molar-refractivity contribution in [3.8, 4) is 22.8 Å². The third-order valence-electron chi connectivity index (χ3n) is 4.85. The number of carbonyl (C=O) groups is 2. The van der Waals surface area contributed by atoms with Crippen LogP contribution in [0.2, 0.25) is 0 Å². The van der Waals surface area contributed by atoms with Gasteiger partial charge in [0.25, 0.3) is 5.91 Å². The van der Waals surface area contributed by atoms with E-state index >= 15 is 0 Å². The van der Waals surface area contributed by atoms with Crippen molar-refractivity contribution in [1.82, 2.24) is 15.1 Å². The van der Waals surface area contributed by atoms with Crippen molar-refractivity contribution < 1.29 is 19.1 Å². The first-order chi connectivity index (χ1) is 15.5. The average molecular weight is 468 g/mol. The zero-order valence-corrected chi connectivity index (χ0v) is 19.4. The number of hydrogen-bond acceptors (Lipinski definition) is 7. The lowest BCUT2D eigenvalue weighted by molar-refractivity contribution is 0.0941. The molecular formula is C23H21N3O4S2. The van der Waals surface area contributed by atoms with Crippen LogP contribution >= 0.6 is 22.7 Å². The molecule has 0 radical (unpaired) electrons. The Labute approximate surface area is 193 Å². The van der Waals surface area contributed by atoms with Gasteiger partial charge in [-0.15, -0.1) is 22.7 Å². The first-order valence-electron chi connectivity index (χ1n) is 9.71. The summed E-state index contributed by atoms with van der Waals surface area (Å²) in [6.07, 6.45) is 0. The van der Waals surface area contributed by atoms with Gasteiger partial charge in [-0.25, -0.2) is 0 Å². The van der Waals surface area contributed by atoms with Crippen molar-refractivity contribution in [2.75, 3.05) is 14.2 Å². The highest BCUT2D eigenvalue weighted by Gasteiger charge is 2.18. The van der Waals surface area contributed by atoms with Crippen LogP contribution in [0.5, 0.6) is 11.5 Å². The van der Waals surface area contributed by atoms with Gasteiger partial charge in [-0.1, -0.05) is 6.07 Å². The summed E-state index contributed by atoms with van der Waals surface area (Å²) in [4.78, 5) is 27.5. The van der Waals surface area contributed by atoms with E-state index in [9.17, 15) is 9.59 Å². The number of hydrogen-bond donors (Lipinski definition) is 1. The predicted molar refractivity (Wildman–Crippen MR) is 125 cm³/mol. The Hall–Kier alpha value is -3.43. The fourth-order valence-electron chi connectivity index (χ4n) is 3.21. The molecule has 0 saturated heterocycles. The van der Waals surface area contributed by atoms with E-state index < -0.39 is 0 Å². The van der Waals surface area contributed by atoms with Crippen molar-refractivity contribution in [2.24, 2.45) is 7.05 Å². The van der Waals surface area contributed by atoms with Crippen molar-refractivity contribution in [3.05, 3.63) is 74.2 Å². The number of nitrogens with zero attached hydrogens (tertiary/aromatic N) is 2. The van der Waals surface area contributed by atoms with Gasteiger partial charge in [0.2, 0.25) is 5.78 Å². The van der Waals surface area contributed by atoms with Gasteiger partial charge in [0, 0.05) is 17.5 Å². The van der Waals surface area contributed by atoms with Crippen LogP contribution in [0.4, 0.5) is 0 Å². The third-order valence-corrected chi connectivity index (χ3v) is 6.80. The topological polar surface area (TPSA) is 82.5 Å². The van der Waals surface area contributed by atoms with Crippen LogP contribution in [-0.4, -0.2) is 35.7 Å². The standard InChI is InChI=1S/C23H21N3O4S2/c1-26-18(12-17(25-26)16-11-14(29-2)6-8-19(16)30-3)23(28)24-13-15-7-9-21(32-15)22(27)20-5-4-10-31-20/h4-12H,13H2,1-3H3,(H,24,28). The Bertz CT molecular complexity index is 1260. The normalized spacial score (nSPS) is 10.7. The maximum Gasteiger partial charge on any atom is 0.269 e. The van der Waals surface area contributed by atoms with E-state index in [2.05, 4.69) is 10.4 Å². The number of aromatic nitrogens is 2.